The van der Waals surface area contributed by atoms with Gasteiger partial charge in [0.2, 0.25) is 0 Å². The van der Waals surface area contributed by atoms with Crippen molar-refractivity contribution in [1.29, 1.82) is 0 Å². The van der Waals surface area contributed by atoms with Crippen molar-refractivity contribution in [2.45, 2.75) is 38.8 Å². The van der Waals surface area contributed by atoms with Gasteiger partial charge < -0.3 is 9.47 Å². The first-order valence-corrected chi connectivity index (χ1v) is 7.52. The summed E-state index contributed by atoms with van der Waals surface area (Å²) in [5.74, 6) is -0.272. The number of nitrogens with one attached hydrogen (secondary N) is 1. The van der Waals surface area contributed by atoms with Crippen LogP contribution in [-0.4, -0.2) is 36.8 Å². The van der Waals surface area contributed by atoms with Crippen LogP contribution in [0.5, 0.6) is 0 Å². The van der Waals surface area contributed by atoms with E-state index < -0.39 is 6.04 Å². The lowest BCUT2D eigenvalue weighted by molar-refractivity contribution is -0.146. The van der Waals surface area contributed by atoms with Gasteiger partial charge in [0.15, 0.2) is 0 Å². The summed E-state index contributed by atoms with van der Waals surface area (Å²) < 4.78 is 10.7. The number of ether oxygens (including phenoxy) is 2. The van der Waals surface area contributed by atoms with Crippen molar-refractivity contribution < 1.29 is 14.3 Å². The van der Waals surface area contributed by atoms with Gasteiger partial charge in [-0.25, -0.2) is 9.78 Å². The number of rotatable bonds is 6. The van der Waals surface area contributed by atoms with Gasteiger partial charge in [-0.05, 0) is 26.7 Å². The second kappa shape index (κ2) is 6.98. The number of hydrogen-bond donors (Lipinski definition) is 1. The van der Waals surface area contributed by atoms with Gasteiger partial charge in [-0.3, -0.25) is 5.32 Å². The van der Waals surface area contributed by atoms with E-state index in [-0.39, 0.29) is 12.1 Å². The van der Waals surface area contributed by atoms with Gasteiger partial charge in [0.1, 0.15) is 6.04 Å². The smallest absolute Gasteiger partial charge is 0.329 e. The molecule has 1 aliphatic rings. The highest BCUT2D eigenvalue weighted by Gasteiger charge is 2.26. The minimum absolute atomic E-state index is 0.191. The molecule has 0 amide bonds. The zero-order valence-corrected chi connectivity index (χ0v) is 12.2. The zero-order valence-electron chi connectivity index (χ0n) is 11.3. The van der Waals surface area contributed by atoms with Crippen LogP contribution in [0.3, 0.4) is 0 Å². The predicted octanol–water partition coefficient (Wildman–Crippen LogP) is 1.82. The van der Waals surface area contributed by atoms with Gasteiger partial charge in [-0.15, -0.1) is 11.3 Å². The Balaban J connectivity index is 1.98. The third-order valence-electron chi connectivity index (χ3n) is 3.03. The van der Waals surface area contributed by atoms with Gasteiger partial charge in [0, 0.05) is 18.5 Å². The maximum atomic E-state index is 12.0. The Morgan fingerprint density at radius 2 is 2.58 bits per heavy atom. The lowest BCUT2D eigenvalue weighted by atomic mass is 10.2. The highest BCUT2D eigenvalue weighted by Crippen LogP contribution is 2.19. The quantitative estimate of drug-likeness (QED) is 0.808. The van der Waals surface area contributed by atoms with Crippen LogP contribution in [0, 0.1) is 6.92 Å². The number of nitrogens with zero attached hydrogens (tertiary/aromatic N) is 1. The molecule has 0 aliphatic carbocycles. The summed E-state index contributed by atoms with van der Waals surface area (Å²) in [6, 6.07) is -0.492. The summed E-state index contributed by atoms with van der Waals surface area (Å²) in [5.41, 5.74) is 0.735. The number of thiazole rings is 1. The Morgan fingerprint density at radius 1 is 1.74 bits per heavy atom. The van der Waals surface area contributed by atoms with Gasteiger partial charge in [0.25, 0.3) is 0 Å². The van der Waals surface area contributed by atoms with Crippen LogP contribution in [-0.2, 0) is 14.3 Å². The van der Waals surface area contributed by atoms with Crippen molar-refractivity contribution in [3.8, 4) is 0 Å². The van der Waals surface area contributed by atoms with E-state index >= 15 is 0 Å². The minimum atomic E-state index is -0.492. The molecular formula is C13H20N2O3S. The number of hydrogen-bond acceptors (Lipinski definition) is 6. The maximum Gasteiger partial charge on any atom is 0.329 e. The average molecular weight is 284 g/mol. The number of aryl methyl sites for hydroxylation is 1. The molecule has 0 radical (unpaired) electrons. The summed E-state index contributed by atoms with van der Waals surface area (Å²) >= 11 is 1.54. The number of esters is 1. The third kappa shape index (κ3) is 3.99. The third-order valence-corrected chi connectivity index (χ3v) is 3.82. The first-order valence-electron chi connectivity index (χ1n) is 6.64. The van der Waals surface area contributed by atoms with Crippen molar-refractivity contribution in [3.05, 3.63) is 16.1 Å². The molecule has 5 nitrogen and oxygen atoms in total. The zero-order chi connectivity index (χ0) is 13.7. The second-order valence-electron chi connectivity index (χ2n) is 4.52. The van der Waals surface area contributed by atoms with E-state index in [1.54, 1.807) is 6.92 Å². The molecule has 1 aromatic heterocycles. The standard InChI is InChI=1S/C13H20N2O3S/c1-3-17-13(16)12(11-8-19-9(2)15-11)14-7-10-5-4-6-18-10/h8,10,12,14H,3-7H2,1-2H3. The van der Waals surface area contributed by atoms with Crippen LogP contribution in [0.15, 0.2) is 5.38 Å². The van der Waals surface area contributed by atoms with Crippen molar-refractivity contribution in [2.75, 3.05) is 19.8 Å². The molecule has 1 N–H and O–H groups in total. The van der Waals surface area contributed by atoms with Crippen LogP contribution in [0.2, 0.25) is 0 Å². The van der Waals surface area contributed by atoms with Crippen LogP contribution in [0.1, 0.15) is 36.5 Å². The van der Waals surface area contributed by atoms with Crippen molar-refractivity contribution in [3.63, 3.8) is 0 Å². The fraction of sp³-hybridized carbons (Fsp3) is 0.692. The Labute approximate surface area is 117 Å². The molecule has 2 heterocycles. The largest absolute Gasteiger partial charge is 0.465 e. The van der Waals surface area contributed by atoms with Gasteiger partial charge >= 0.3 is 5.97 Å². The molecule has 2 rings (SSSR count). The molecule has 0 bridgehead atoms. The van der Waals surface area contributed by atoms with E-state index in [2.05, 4.69) is 10.3 Å². The minimum Gasteiger partial charge on any atom is -0.465 e. The van der Waals surface area contributed by atoms with Crippen LogP contribution >= 0.6 is 11.3 Å². The average Bonchev–Trinajstić information content (AvgIpc) is 3.02. The number of aromatic nitrogens is 1. The highest BCUT2D eigenvalue weighted by molar-refractivity contribution is 7.09. The van der Waals surface area contributed by atoms with E-state index in [1.165, 1.54) is 11.3 Å². The normalized spacial score (nSPS) is 20.4. The Hall–Kier alpha value is -0.980. The fourth-order valence-electron chi connectivity index (χ4n) is 2.10. The summed E-state index contributed by atoms with van der Waals surface area (Å²) in [6.45, 7) is 5.57. The molecule has 106 valence electrons. The number of carbonyl (C=O) groups excluding carboxylic acids is 1. The molecule has 1 fully saturated rings. The summed E-state index contributed by atoms with van der Waals surface area (Å²) in [5, 5.41) is 6.07. The van der Waals surface area contributed by atoms with Crippen LogP contribution in [0.25, 0.3) is 0 Å². The second-order valence-corrected chi connectivity index (χ2v) is 5.58. The van der Waals surface area contributed by atoms with Crippen molar-refractivity contribution in [1.82, 2.24) is 10.3 Å². The summed E-state index contributed by atoms with van der Waals surface area (Å²) in [7, 11) is 0. The number of carbonyl (C=O) groups is 1. The Morgan fingerprint density at radius 3 is 3.16 bits per heavy atom. The van der Waals surface area contributed by atoms with Crippen LogP contribution in [0.4, 0.5) is 0 Å². The fourth-order valence-corrected chi connectivity index (χ4v) is 2.74. The predicted molar refractivity (Wildman–Crippen MR) is 73.2 cm³/mol. The van der Waals surface area contributed by atoms with E-state index in [9.17, 15) is 4.79 Å². The molecule has 1 aliphatic heterocycles. The van der Waals surface area contributed by atoms with E-state index in [0.717, 1.165) is 30.2 Å². The molecular weight excluding hydrogens is 264 g/mol. The monoisotopic (exact) mass is 284 g/mol. The Kier molecular flexibility index (Phi) is 5.30. The van der Waals surface area contributed by atoms with Gasteiger partial charge in [-0.1, -0.05) is 0 Å². The topological polar surface area (TPSA) is 60.5 Å². The molecule has 2 atom stereocenters. The van der Waals surface area contributed by atoms with Gasteiger partial charge in [0.05, 0.1) is 23.4 Å². The first kappa shape index (κ1) is 14.4. The van der Waals surface area contributed by atoms with E-state index in [1.807, 2.05) is 12.3 Å². The highest BCUT2D eigenvalue weighted by atomic mass is 32.1. The molecule has 0 aromatic carbocycles. The maximum absolute atomic E-state index is 12.0. The SMILES string of the molecule is CCOC(=O)C(NCC1CCCO1)c1csc(C)n1. The molecule has 19 heavy (non-hydrogen) atoms. The lowest BCUT2D eigenvalue weighted by Gasteiger charge is -2.17. The molecule has 6 heteroatoms. The molecule has 1 saturated heterocycles. The summed E-state index contributed by atoms with van der Waals surface area (Å²) in [6.07, 6.45) is 2.32. The molecule has 2 unspecified atom stereocenters. The van der Waals surface area contributed by atoms with Crippen LogP contribution < -0.4 is 5.32 Å². The molecule has 0 spiro atoms. The first-order chi connectivity index (χ1) is 9.20. The Bertz CT molecular complexity index is 416. The van der Waals surface area contributed by atoms with Gasteiger partial charge in [-0.2, -0.15) is 0 Å². The van der Waals surface area contributed by atoms with Crippen molar-refractivity contribution >= 4 is 17.3 Å². The lowest BCUT2D eigenvalue weighted by Crippen LogP contribution is -2.35. The van der Waals surface area contributed by atoms with E-state index in [0.29, 0.717) is 13.2 Å². The molecule has 0 saturated carbocycles. The molecule has 1 aromatic rings. The van der Waals surface area contributed by atoms with E-state index in [4.69, 9.17) is 9.47 Å². The summed E-state index contributed by atoms with van der Waals surface area (Å²) in [4.78, 5) is 16.4. The van der Waals surface area contributed by atoms with Crippen molar-refractivity contribution in [2.24, 2.45) is 0 Å².